The van der Waals surface area contributed by atoms with Gasteiger partial charge >= 0.3 is 0 Å². The van der Waals surface area contributed by atoms with Gasteiger partial charge in [0.25, 0.3) is 5.91 Å². The molecule has 0 aliphatic rings. The summed E-state index contributed by atoms with van der Waals surface area (Å²) in [6.45, 7) is 6.06. The van der Waals surface area contributed by atoms with E-state index in [1.807, 2.05) is 20.8 Å². The number of nitrogens with zero attached hydrogens (tertiary/aromatic N) is 1. The lowest BCUT2D eigenvalue weighted by Crippen LogP contribution is -2.29. The number of anilines is 2. The fraction of sp³-hybridized carbons (Fsp3) is 0.375. The third kappa shape index (κ3) is 3.05. The van der Waals surface area contributed by atoms with E-state index in [4.69, 9.17) is 11.5 Å². The van der Waals surface area contributed by atoms with Crippen molar-refractivity contribution in [2.24, 2.45) is 11.1 Å². The molecular formula is C16H22N4O2. The van der Waals surface area contributed by atoms with Crippen LogP contribution in [-0.2, 0) is 4.79 Å². The smallest absolute Gasteiger partial charge is 0.253 e. The van der Waals surface area contributed by atoms with Crippen LogP contribution in [0.3, 0.4) is 0 Å². The Morgan fingerprint density at radius 3 is 2.45 bits per heavy atom. The molecule has 2 rings (SSSR count). The number of H-pyrrole nitrogens is 1. The van der Waals surface area contributed by atoms with Crippen molar-refractivity contribution in [2.45, 2.75) is 27.2 Å². The summed E-state index contributed by atoms with van der Waals surface area (Å²) in [6, 6.07) is 5.32. The highest BCUT2D eigenvalue weighted by atomic mass is 16.2. The first-order chi connectivity index (χ1) is 10.1. The van der Waals surface area contributed by atoms with Gasteiger partial charge in [0.15, 0.2) is 0 Å². The van der Waals surface area contributed by atoms with Crippen LogP contribution in [0.1, 0.15) is 37.6 Å². The quantitative estimate of drug-likeness (QED) is 0.809. The van der Waals surface area contributed by atoms with Gasteiger partial charge in [0.05, 0.1) is 5.56 Å². The van der Waals surface area contributed by atoms with E-state index < -0.39 is 5.91 Å². The van der Waals surface area contributed by atoms with E-state index >= 15 is 0 Å². The summed E-state index contributed by atoms with van der Waals surface area (Å²) >= 11 is 0. The van der Waals surface area contributed by atoms with Gasteiger partial charge in [0.2, 0.25) is 5.91 Å². The van der Waals surface area contributed by atoms with Crippen molar-refractivity contribution in [3.63, 3.8) is 0 Å². The Labute approximate surface area is 129 Å². The Bertz CT molecular complexity index is 740. The number of amides is 2. The maximum Gasteiger partial charge on any atom is 0.253 e. The number of aromatic amines is 1. The Morgan fingerprint density at radius 1 is 1.27 bits per heavy atom. The van der Waals surface area contributed by atoms with Crippen LogP contribution in [0.25, 0.3) is 10.9 Å². The van der Waals surface area contributed by atoms with Gasteiger partial charge in [-0.3, -0.25) is 9.59 Å². The molecule has 0 bridgehead atoms. The number of benzene rings is 1. The van der Waals surface area contributed by atoms with Crippen LogP contribution >= 0.6 is 0 Å². The van der Waals surface area contributed by atoms with Crippen molar-refractivity contribution in [1.82, 2.24) is 4.98 Å². The Kier molecular flexibility index (Phi) is 3.87. The van der Waals surface area contributed by atoms with Crippen LogP contribution in [0.15, 0.2) is 18.2 Å². The fourth-order valence-electron chi connectivity index (χ4n) is 2.40. The van der Waals surface area contributed by atoms with Crippen LogP contribution in [0.5, 0.6) is 0 Å². The van der Waals surface area contributed by atoms with E-state index in [0.717, 1.165) is 5.69 Å². The van der Waals surface area contributed by atoms with E-state index in [1.165, 1.54) is 0 Å². The topological polar surface area (TPSA) is 105 Å². The fourth-order valence-corrected chi connectivity index (χ4v) is 2.40. The molecule has 22 heavy (non-hydrogen) atoms. The summed E-state index contributed by atoms with van der Waals surface area (Å²) < 4.78 is 0. The lowest BCUT2D eigenvalue weighted by molar-refractivity contribution is -0.120. The molecular weight excluding hydrogens is 280 g/mol. The molecule has 0 fully saturated rings. The van der Waals surface area contributed by atoms with Gasteiger partial charge in [-0.15, -0.1) is 0 Å². The van der Waals surface area contributed by atoms with Gasteiger partial charge < -0.3 is 21.4 Å². The molecule has 5 N–H and O–H groups in total. The molecule has 0 unspecified atom stereocenters. The molecule has 118 valence electrons. The summed E-state index contributed by atoms with van der Waals surface area (Å²) in [7, 11) is 1.73. The number of primary amides is 1. The number of hydrogen-bond donors (Lipinski definition) is 3. The third-order valence-corrected chi connectivity index (χ3v) is 3.50. The van der Waals surface area contributed by atoms with Crippen molar-refractivity contribution in [2.75, 3.05) is 17.7 Å². The minimum absolute atomic E-state index is 0.0292. The van der Waals surface area contributed by atoms with E-state index in [0.29, 0.717) is 17.3 Å². The predicted octanol–water partition coefficient (Wildman–Crippen LogP) is 2.25. The zero-order valence-corrected chi connectivity index (χ0v) is 13.4. The van der Waals surface area contributed by atoms with Gasteiger partial charge in [0, 0.05) is 30.1 Å². The zero-order chi connectivity index (χ0) is 16.7. The molecule has 6 heteroatoms. The van der Waals surface area contributed by atoms with Gasteiger partial charge in [0.1, 0.15) is 5.82 Å². The second kappa shape index (κ2) is 5.36. The highest BCUT2D eigenvalue weighted by Crippen LogP contribution is 2.29. The second-order valence-corrected chi connectivity index (χ2v) is 6.70. The maximum atomic E-state index is 12.3. The Morgan fingerprint density at radius 2 is 1.91 bits per heavy atom. The first-order valence-corrected chi connectivity index (χ1v) is 7.08. The van der Waals surface area contributed by atoms with E-state index in [2.05, 4.69) is 4.98 Å². The van der Waals surface area contributed by atoms with Crippen LogP contribution in [0, 0.1) is 5.41 Å². The molecule has 1 heterocycles. The summed E-state index contributed by atoms with van der Waals surface area (Å²) in [5.74, 6) is -0.307. The standard InChI is InChI=1S/C16H22N4O2/c1-16(2,3)8-12(21)20(4)9-5-6-10-11(7-9)19-14(17)13(10)15(18)22/h5-7,19H,8,17H2,1-4H3,(H2,18,22). The average Bonchev–Trinajstić information content (AvgIpc) is 2.70. The monoisotopic (exact) mass is 302 g/mol. The van der Waals surface area contributed by atoms with Gasteiger partial charge in [-0.05, 0) is 23.6 Å². The number of hydrogen-bond acceptors (Lipinski definition) is 3. The SMILES string of the molecule is CN(C(=O)CC(C)(C)C)c1ccc2c(C(N)=O)c(N)[nH]c2c1. The zero-order valence-electron chi connectivity index (χ0n) is 13.4. The number of fused-ring (bicyclic) bond motifs is 1. The van der Waals surface area contributed by atoms with Crippen molar-refractivity contribution in [3.8, 4) is 0 Å². The van der Waals surface area contributed by atoms with Crippen LogP contribution in [0.2, 0.25) is 0 Å². The van der Waals surface area contributed by atoms with Crippen LogP contribution in [-0.4, -0.2) is 23.8 Å². The summed E-state index contributed by atoms with van der Waals surface area (Å²) in [5.41, 5.74) is 12.7. The molecule has 0 atom stereocenters. The number of rotatable bonds is 3. The van der Waals surface area contributed by atoms with Crippen molar-refractivity contribution in [3.05, 3.63) is 23.8 Å². The molecule has 6 nitrogen and oxygen atoms in total. The van der Waals surface area contributed by atoms with Crippen molar-refractivity contribution >= 4 is 34.2 Å². The van der Waals surface area contributed by atoms with Crippen molar-refractivity contribution < 1.29 is 9.59 Å². The molecule has 2 aromatic rings. The first kappa shape index (κ1) is 15.9. The van der Waals surface area contributed by atoms with Gasteiger partial charge in [-0.25, -0.2) is 0 Å². The molecule has 0 spiro atoms. The first-order valence-electron chi connectivity index (χ1n) is 7.08. The highest BCUT2D eigenvalue weighted by Gasteiger charge is 2.21. The summed E-state index contributed by atoms with van der Waals surface area (Å²) in [6.07, 6.45) is 0.445. The second-order valence-electron chi connectivity index (χ2n) is 6.70. The largest absolute Gasteiger partial charge is 0.385 e. The van der Waals surface area contributed by atoms with E-state index in [9.17, 15) is 9.59 Å². The number of carbonyl (C=O) groups excluding carboxylic acids is 2. The minimum atomic E-state index is -0.575. The van der Waals surface area contributed by atoms with Gasteiger partial charge in [-0.1, -0.05) is 20.8 Å². The number of nitrogens with two attached hydrogens (primary N) is 2. The van der Waals surface area contributed by atoms with E-state index in [1.54, 1.807) is 30.1 Å². The lowest BCUT2D eigenvalue weighted by atomic mass is 9.91. The number of carbonyl (C=O) groups is 2. The van der Waals surface area contributed by atoms with Gasteiger partial charge in [-0.2, -0.15) is 0 Å². The Hall–Kier alpha value is -2.50. The predicted molar refractivity (Wildman–Crippen MR) is 88.7 cm³/mol. The van der Waals surface area contributed by atoms with Crippen LogP contribution < -0.4 is 16.4 Å². The van der Waals surface area contributed by atoms with Crippen LogP contribution in [0.4, 0.5) is 11.5 Å². The third-order valence-electron chi connectivity index (χ3n) is 3.50. The van der Waals surface area contributed by atoms with Crippen molar-refractivity contribution in [1.29, 1.82) is 0 Å². The molecule has 0 saturated carbocycles. The molecule has 0 aliphatic carbocycles. The highest BCUT2D eigenvalue weighted by molar-refractivity contribution is 6.11. The van der Waals surface area contributed by atoms with E-state index in [-0.39, 0.29) is 22.7 Å². The molecule has 0 aliphatic heterocycles. The normalized spacial score (nSPS) is 11.6. The molecule has 0 radical (unpaired) electrons. The molecule has 1 aromatic carbocycles. The number of aromatic nitrogens is 1. The summed E-state index contributed by atoms with van der Waals surface area (Å²) in [4.78, 5) is 28.3. The molecule has 2 amide bonds. The maximum absolute atomic E-state index is 12.3. The number of nitrogens with one attached hydrogen (secondary N) is 1. The molecule has 0 saturated heterocycles. The lowest BCUT2D eigenvalue weighted by Gasteiger charge is -2.23. The average molecular weight is 302 g/mol. The Balaban J connectivity index is 2.38. The summed E-state index contributed by atoms with van der Waals surface area (Å²) in [5, 5.41) is 0.658. The molecule has 1 aromatic heterocycles. The number of nitrogen functional groups attached to an aromatic ring is 1. The minimum Gasteiger partial charge on any atom is -0.385 e.